The van der Waals surface area contributed by atoms with Crippen LogP contribution in [-0.2, 0) is 14.3 Å². The molecule has 1 rings (SSSR count). The number of hydrogen-bond acceptors (Lipinski definition) is 5. The molecule has 0 atom stereocenters. The highest BCUT2D eigenvalue weighted by Gasteiger charge is 2.13. The van der Waals surface area contributed by atoms with Gasteiger partial charge in [-0.05, 0) is 25.9 Å². The number of esters is 1. The van der Waals surface area contributed by atoms with E-state index >= 15 is 0 Å². The first-order chi connectivity index (χ1) is 8.33. The van der Waals surface area contributed by atoms with Crippen LogP contribution in [0.25, 0.3) is 0 Å². The minimum absolute atomic E-state index is 0.146. The van der Waals surface area contributed by atoms with Crippen molar-refractivity contribution in [3.05, 3.63) is 0 Å². The number of ether oxygens (including phenoxy) is 2. The van der Waals surface area contributed by atoms with E-state index in [0.29, 0.717) is 19.8 Å². The van der Waals surface area contributed by atoms with Crippen molar-refractivity contribution in [1.82, 2.24) is 10.2 Å². The first-order valence-corrected chi connectivity index (χ1v) is 6.49. The van der Waals surface area contributed by atoms with E-state index in [4.69, 9.17) is 9.47 Å². The molecule has 0 saturated carbocycles. The monoisotopic (exact) mass is 244 g/mol. The molecular formula is C12H24N2O3. The molecule has 1 saturated heterocycles. The zero-order valence-corrected chi connectivity index (χ0v) is 10.7. The molecule has 1 aliphatic heterocycles. The van der Waals surface area contributed by atoms with Crippen LogP contribution in [0.3, 0.4) is 0 Å². The predicted molar refractivity (Wildman–Crippen MR) is 66.0 cm³/mol. The number of nitrogens with zero attached hydrogens (tertiary/aromatic N) is 1. The van der Waals surface area contributed by atoms with E-state index in [-0.39, 0.29) is 5.97 Å². The fourth-order valence-corrected chi connectivity index (χ4v) is 1.75. The van der Waals surface area contributed by atoms with Gasteiger partial charge in [-0.2, -0.15) is 0 Å². The second-order valence-corrected chi connectivity index (χ2v) is 4.21. The topological polar surface area (TPSA) is 50.8 Å². The highest BCUT2D eigenvalue weighted by atomic mass is 16.6. The lowest BCUT2D eigenvalue weighted by Gasteiger charge is -2.18. The minimum atomic E-state index is -0.146. The standard InChI is InChI=1S/C12H24N2O3/c1-2-8-16-9-10-17-12(15)11-14-6-3-4-13-5-7-14/h13H,2-11H2,1H3. The number of nitrogens with one attached hydrogen (secondary N) is 1. The number of hydrogen-bond donors (Lipinski definition) is 1. The summed E-state index contributed by atoms with van der Waals surface area (Å²) in [5.74, 6) is -0.146. The largest absolute Gasteiger partial charge is 0.462 e. The molecule has 0 amide bonds. The van der Waals surface area contributed by atoms with Gasteiger partial charge in [-0.15, -0.1) is 0 Å². The molecule has 0 aliphatic carbocycles. The Kier molecular flexibility index (Phi) is 7.96. The van der Waals surface area contributed by atoms with Crippen molar-refractivity contribution in [2.75, 3.05) is 52.5 Å². The summed E-state index contributed by atoms with van der Waals surface area (Å²) < 4.78 is 10.3. The summed E-state index contributed by atoms with van der Waals surface area (Å²) in [5, 5.41) is 3.30. The van der Waals surface area contributed by atoms with Crippen LogP contribution in [0.1, 0.15) is 19.8 Å². The molecule has 0 aromatic heterocycles. The minimum Gasteiger partial charge on any atom is -0.462 e. The Morgan fingerprint density at radius 2 is 2.12 bits per heavy atom. The van der Waals surface area contributed by atoms with Gasteiger partial charge in [0.2, 0.25) is 0 Å². The van der Waals surface area contributed by atoms with Crippen molar-refractivity contribution < 1.29 is 14.3 Å². The molecule has 0 unspecified atom stereocenters. The van der Waals surface area contributed by atoms with Gasteiger partial charge in [-0.25, -0.2) is 0 Å². The molecule has 0 radical (unpaired) electrons. The molecule has 100 valence electrons. The third-order valence-electron chi connectivity index (χ3n) is 2.62. The molecule has 17 heavy (non-hydrogen) atoms. The maximum absolute atomic E-state index is 11.5. The van der Waals surface area contributed by atoms with E-state index in [0.717, 1.165) is 45.6 Å². The van der Waals surface area contributed by atoms with Crippen molar-refractivity contribution >= 4 is 5.97 Å². The van der Waals surface area contributed by atoms with Gasteiger partial charge in [-0.3, -0.25) is 9.69 Å². The molecule has 0 aromatic carbocycles. The van der Waals surface area contributed by atoms with Crippen LogP contribution in [0, 0.1) is 0 Å². The molecule has 1 fully saturated rings. The second-order valence-electron chi connectivity index (χ2n) is 4.21. The van der Waals surface area contributed by atoms with Crippen LogP contribution >= 0.6 is 0 Å². The number of rotatable bonds is 7. The maximum Gasteiger partial charge on any atom is 0.320 e. The molecule has 1 N–H and O–H groups in total. The molecular weight excluding hydrogens is 220 g/mol. The lowest BCUT2D eigenvalue weighted by atomic mass is 10.4. The summed E-state index contributed by atoms with van der Waals surface area (Å²) in [5.41, 5.74) is 0. The van der Waals surface area contributed by atoms with E-state index < -0.39 is 0 Å². The maximum atomic E-state index is 11.5. The summed E-state index contributed by atoms with van der Waals surface area (Å²) in [6.45, 7) is 7.93. The summed E-state index contributed by atoms with van der Waals surface area (Å²) >= 11 is 0. The Balaban J connectivity index is 2.03. The van der Waals surface area contributed by atoms with Crippen LogP contribution < -0.4 is 5.32 Å². The van der Waals surface area contributed by atoms with E-state index in [1.165, 1.54) is 0 Å². The fourth-order valence-electron chi connectivity index (χ4n) is 1.75. The number of carbonyl (C=O) groups is 1. The van der Waals surface area contributed by atoms with Gasteiger partial charge in [-0.1, -0.05) is 6.92 Å². The van der Waals surface area contributed by atoms with Crippen LogP contribution in [0.15, 0.2) is 0 Å². The SMILES string of the molecule is CCCOCCOC(=O)CN1CCCNCC1. The average Bonchev–Trinajstić information content (AvgIpc) is 2.57. The first kappa shape index (κ1) is 14.4. The lowest BCUT2D eigenvalue weighted by molar-refractivity contribution is -0.146. The Bertz CT molecular complexity index is 204. The predicted octanol–water partition coefficient (Wildman–Crippen LogP) is 0.252. The van der Waals surface area contributed by atoms with E-state index in [1.807, 2.05) is 0 Å². The molecule has 0 bridgehead atoms. The van der Waals surface area contributed by atoms with E-state index in [1.54, 1.807) is 0 Å². The Morgan fingerprint density at radius 3 is 2.94 bits per heavy atom. The Labute approximate surface area is 103 Å². The molecule has 1 aliphatic rings. The number of carbonyl (C=O) groups excluding carboxylic acids is 1. The first-order valence-electron chi connectivity index (χ1n) is 6.49. The summed E-state index contributed by atoms with van der Waals surface area (Å²) in [7, 11) is 0. The normalized spacial score (nSPS) is 17.7. The third-order valence-corrected chi connectivity index (χ3v) is 2.62. The van der Waals surface area contributed by atoms with Crippen molar-refractivity contribution in [3.8, 4) is 0 Å². The Morgan fingerprint density at radius 1 is 1.24 bits per heavy atom. The van der Waals surface area contributed by atoms with E-state index in [9.17, 15) is 4.79 Å². The van der Waals surface area contributed by atoms with E-state index in [2.05, 4.69) is 17.1 Å². The molecule has 0 aromatic rings. The smallest absolute Gasteiger partial charge is 0.320 e. The van der Waals surface area contributed by atoms with Crippen molar-refractivity contribution in [1.29, 1.82) is 0 Å². The average molecular weight is 244 g/mol. The zero-order valence-electron chi connectivity index (χ0n) is 10.7. The van der Waals surface area contributed by atoms with Gasteiger partial charge >= 0.3 is 5.97 Å². The second kappa shape index (κ2) is 9.39. The van der Waals surface area contributed by atoms with Gasteiger partial charge in [0.25, 0.3) is 0 Å². The van der Waals surface area contributed by atoms with Gasteiger partial charge in [0.15, 0.2) is 0 Å². The fraction of sp³-hybridized carbons (Fsp3) is 0.917. The summed E-state index contributed by atoms with van der Waals surface area (Å²) in [4.78, 5) is 13.7. The van der Waals surface area contributed by atoms with Crippen molar-refractivity contribution in [2.45, 2.75) is 19.8 Å². The van der Waals surface area contributed by atoms with Gasteiger partial charge < -0.3 is 14.8 Å². The van der Waals surface area contributed by atoms with Crippen molar-refractivity contribution in [2.24, 2.45) is 0 Å². The molecule has 1 heterocycles. The molecule has 5 nitrogen and oxygen atoms in total. The zero-order chi connectivity index (χ0) is 12.3. The highest BCUT2D eigenvalue weighted by molar-refractivity contribution is 5.71. The van der Waals surface area contributed by atoms with Gasteiger partial charge in [0.05, 0.1) is 13.2 Å². The third kappa shape index (κ3) is 7.31. The van der Waals surface area contributed by atoms with Crippen LogP contribution in [0.5, 0.6) is 0 Å². The van der Waals surface area contributed by atoms with Crippen molar-refractivity contribution in [3.63, 3.8) is 0 Å². The highest BCUT2D eigenvalue weighted by Crippen LogP contribution is 1.96. The van der Waals surface area contributed by atoms with Gasteiger partial charge in [0, 0.05) is 19.7 Å². The van der Waals surface area contributed by atoms with Gasteiger partial charge in [0.1, 0.15) is 6.61 Å². The molecule has 5 heteroatoms. The molecule has 0 spiro atoms. The van der Waals surface area contributed by atoms with Crippen LogP contribution in [0.2, 0.25) is 0 Å². The van der Waals surface area contributed by atoms with Crippen LogP contribution in [-0.4, -0.2) is 63.4 Å². The Hall–Kier alpha value is -0.650. The summed E-state index contributed by atoms with van der Waals surface area (Å²) in [6.07, 6.45) is 2.08. The summed E-state index contributed by atoms with van der Waals surface area (Å²) in [6, 6.07) is 0. The quantitative estimate of drug-likeness (QED) is 0.514. The lowest BCUT2D eigenvalue weighted by Crippen LogP contribution is -2.34. The van der Waals surface area contributed by atoms with Crippen LogP contribution in [0.4, 0.5) is 0 Å².